The molecule has 10 heteroatoms. The minimum atomic E-state index is -4.05. The Bertz CT molecular complexity index is 1200. The first kappa shape index (κ1) is 20.9. The molecular weight excluding hydrogens is 416 g/mol. The number of hydrogen-bond donors (Lipinski definition) is 3. The largest absolute Gasteiger partial charge is 0.280 e. The van der Waals surface area contributed by atoms with E-state index in [0.717, 1.165) is 24.3 Å². The number of rotatable bonds is 5. The zero-order chi connectivity index (χ0) is 21.7. The van der Waals surface area contributed by atoms with E-state index >= 15 is 0 Å². The van der Waals surface area contributed by atoms with Gasteiger partial charge in [-0.3, -0.25) is 25.2 Å². The number of carbonyl (C=O) groups is 2. The number of benzene rings is 3. The molecule has 3 N–H and O–H groups in total. The molecule has 0 heterocycles. The molecule has 0 fully saturated rings. The van der Waals surface area contributed by atoms with Crippen LogP contribution in [0.25, 0.3) is 0 Å². The summed E-state index contributed by atoms with van der Waals surface area (Å²) in [6, 6.07) is 14.9. The fourth-order valence-corrected chi connectivity index (χ4v) is 3.54. The van der Waals surface area contributed by atoms with E-state index in [1.165, 1.54) is 48.5 Å². The average Bonchev–Trinajstić information content (AvgIpc) is 2.73. The van der Waals surface area contributed by atoms with Crippen LogP contribution in [-0.2, 0) is 10.0 Å². The Morgan fingerprint density at radius 3 is 2.13 bits per heavy atom. The van der Waals surface area contributed by atoms with Gasteiger partial charge < -0.3 is 0 Å². The van der Waals surface area contributed by atoms with Crippen LogP contribution in [0.3, 0.4) is 0 Å². The third kappa shape index (κ3) is 4.97. The molecule has 0 aliphatic carbocycles. The van der Waals surface area contributed by atoms with Crippen molar-refractivity contribution in [2.45, 2.75) is 4.90 Å². The first-order valence-electron chi connectivity index (χ1n) is 8.50. The minimum absolute atomic E-state index is 0.0641. The van der Waals surface area contributed by atoms with Gasteiger partial charge in [0.2, 0.25) is 0 Å². The fourth-order valence-electron chi connectivity index (χ4n) is 2.43. The van der Waals surface area contributed by atoms with Gasteiger partial charge in [0.25, 0.3) is 21.8 Å². The van der Waals surface area contributed by atoms with E-state index in [-0.39, 0.29) is 21.7 Å². The summed E-state index contributed by atoms with van der Waals surface area (Å²) in [5.41, 5.74) is 3.97. The van der Waals surface area contributed by atoms with Crippen molar-refractivity contribution in [1.82, 2.24) is 10.9 Å². The third-order valence-electron chi connectivity index (χ3n) is 3.91. The van der Waals surface area contributed by atoms with E-state index in [0.29, 0.717) is 0 Å². The number of anilines is 1. The Balaban J connectivity index is 1.71. The van der Waals surface area contributed by atoms with Gasteiger partial charge in [-0.1, -0.05) is 18.2 Å². The van der Waals surface area contributed by atoms with Crippen molar-refractivity contribution in [2.24, 2.45) is 0 Å². The second-order valence-electron chi connectivity index (χ2n) is 6.03. The van der Waals surface area contributed by atoms with Crippen molar-refractivity contribution in [2.75, 3.05) is 4.72 Å². The van der Waals surface area contributed by atoms with Crippen LogP contribution < -0.4 is 15.6 Å². The Morgan fingerprint density at radius 1 is 0.767 bits per heavy atom. The first-order chi connectivity index (χ1) is 14.3. The van der Waals surface area contributed by atoms with E-state index in [1.807, 2.05) is 0 Å². The standard InChI is InChI=1S/C20H15F2N3O4S/c21-14-8-10-15(11-9-14)25-30(28,29)16-5-3-4-13(12-16)19(26)23-24-20(27)17-6-1-2-7-18(17)22/h1-12,25H,(H,23,26)(H,24,27). The minimum Gasteiger partial charge on any atom is -0.280 e. The van der Waals surface area contributed by atoms with Crippen molar-refractivity contribution in [3.63, 3.8) is 0 Å². The van der Waals surface area contributed by atoms with Crippen LogP contribution in [0.4, 0.5) is 14.5 Å². The predicted molar refractivity (Wildman–Crippen MR) is 105 cm³/mol. The van der Waals surface area contributed by atoms with E-state index in [2.05, 4.69) is 15.6 Å². The molecule has 30 heavy (non-hydrogen) atoms. The topological polar surface area (TPSA) is 104 Å². The molecule has 3 aromatic rings. The normalized spacial score (nSPS) is 10.9. The molecule has 0 saturated carbocycles. The molecular formula is C20H15F2N3O4S. The maximum Gasteiger partial charge on any atom is 0.272 e. The SMILES string of the molecule is O=C(NNC(=O)c1ccccc1F)c1cccc(S(=O)(=O)Nc2ccc(F)cc2)c1. The molecule has 0 radical (unpaired) electrons. The molecule has 0 saturated heterocycles. The van der Waals surface area contributed by atoms with Gasteiger partial charge in [0.05, 0.1) is 10.5 Å². The molecule has 7 nitrogen and oxygen atoms in total. The first-order valence-corrected chi connectivity index (χ1v) is 9.98. The smallest absolute Gasteiger partial charge is 0.272 e. The van der Waals surface area contributed by atoms with Crippen LogP contribution in [0.1, 0.15) is 20.7 Å². The van der Waals surface area contributed by atoms with Gasteiger partial charge in [-0.2, -0.15) is 0 Å². The lowest BCUT2D eigenvalue weighted by Crippen LogP contribution is -2.42. The molecule has 0 aromatic heterocycles. The van der Waals surface area contributed by atoms with Crippen LogP contribution in [0.15, 0.2) is 77.7 Å². The lowest BCUT2D eigenvalue weighted by Gasteiger charge is -2.11. The van der Waals surface area contributed by atoms with Gasteiger partial charge in [-0.05, 0) is 54.6 Å². The number of carbonyl (C=O) groups excluding carboxylic acids is 2. The summed E-state index contributed by atoms with van der Waals surface area (Å²) in [6.07, 6.45) is 0. The molecule has 3 aromatic carbocycles. The molecule has 2 amide bonds. The van der Waals surface area contributed by atoms with Crippen molar-refractivity contribution >= 4 is 27.5 Å². The molecule has 0 bridgehead atoms. The fraction of sp³-hybridized carbons (Fsp3) is 0. The van der Waals surface area contributed by atoms with Crippen molar-refractivity contribution in [3.05, 3.63) is 95.6 Å². The number of hydrogen-bond acceptors (Lipinski definition) is 4. The highest BCUT2D eigenvalue weighted by molar-refractivity contribution is 7.92. The number of halogens is 2. The van der Waals surface area contributed by atoms with Gasteiger partial charge in [0, 0.05) is 11.3 Å². The van der Waals surface area contributed by atoms with Crippen LogP contribution in [0.2, 0.25) is 0 Å². The van der Waals surface area contributed by atoms with Gasteiger partial charge in [0.15, 0.2) is 0 Å². The average molecular weight is 431 g/mol. The summed E-state index contributed by atoms with van der Waals surface area (Å²) in [5, 5.41) is 0. The maximum absolute atomic E-state index is 13.6. The molecule has 3 rings (SSSR count). The number of hydrazine groups is 1. The van der Waals surface area contributed by atoms with Gasteiger partial charge in [-0.25, -0.2) is 17.2 Å². The van der Waals surface area contributed by atoms with Gasteiger partial charge in [-0.15, -0.1) is 0 Å². The highest BCUT2D eigenvalue weighted by Crippen LogP contribution is 2.17. The number of nitrogens with one attached hydrogen (secondary N) is 3. The molecule has 0 aliphatic rings. The molecule has 0 unspecified atom stereocenters. The van der Waals surface area contributed by atoms with E-state index in [9.17, 15) is 26.8 Å². The molecule has 0 atom stereocenters. The van der Waals surface area contributed by atoms with Gasteiger partial charge in [0.1, 0.15) is 11.6 Å². The molecule has 0 aliphatic heterocycles. The lowest BCUT2D eigenvalue weighted by atomic mass is 10.2. The summed E-state index contributed by atoms with van der Waals surface area (Å²) in [6.45, 7) is 0. The predicted octanol–water partition coefficient (Wildman–Crippen LogP) is 2.84. The molecule has 154 valence electrons. The number of sulfonamides is 1. The second-order valence-corrected chi connectivity index (χ2v) is 7.71. The summed E-state index contributed by atoms with van der Waals surface area (Å²) in [5.74, 6) is -2.96. The monoisotopic (exact) mass is 431 g/mol. The lowest BCUT2D eigenvalue weighted by molar-refractivity contribution is 0.0844. The van der Waals surface area contributed by atoms with E-state index < -0.39 is 33.5 Å². The highest BCUT2D eigenvalue weighted by atomic mass is 32.2. The summed E-state index contributed by atoms with van der Waals surface area (Å²) in [7, 11) is -4.05. The van der Waals surface area contributed by atoms with Crippen LogP contribution >= 0.6 is 0 Å². The van der Waals surface area contributed by atoms with Crippen molar-refractivity contribution < 1.29 is 26.8 Å². The number of amides is 2. The van der Waals surface area contributed by atoms with Crippen molar-refractivity contribution in [1.29, 1.82) is 0 Å². The zero-order valence-electron chi connectivity index (χ0n) is 15.2. The van der Waals surface area contributed by atoms with Crippen LogP contribution in [-0.4, -0.2) is 20.2 Å². The van der Waals surface area contributed by atoms with Crippen molar-refractivity contribution in [3.8, 4) is 0 Å². The maximum atomic E-state index is 13.6. The quantitative estimate of drug-likeness (QED) is 0.541. The summed E-state index contributed by atoms with van der Waals surface area (Å²) >= 11 is 0. The summed E-state index contributed by atoms with van der Waals surface area (Å²) in [4.78, 5) is 24.0. The highest BCUT2D eigenvalue weighted by Gasteiger charge is 2.17. The van der Waals surface area contributed by atoms with Gasteiger partial charge >= 0.3 is 0 Å². The van der Waals surface area contributed by atoms with E-state index in [4.69, 9.17) is 0 Å². The Morgan fingerprint density at radius 2 is 1.43 bits per heavy atom. The molecule has 0 spiro atoms. The Labute approximate surface area is 170 Å². The second kappa shape index (κ2) is 8.70. The van der Waals surface area contributed by atoms with E-state index in [1.54, 1.807) is 0 Å². The Kier molecular flexibility index (Phi) is 6.07. The summed E-state index contributed by atoms with van der Waals surface area (Å²) < 4.78 is 53.8. The zero-order valence-corrected chi connectivity index (χ0v) is 16.0. The Hall–Kier alpha value is -3.79. The van der Waals surface area contributed by atoms with Crippen LogP contribution in [0, 0.1) is 11.6 Å². The third-order valence-corrected chi connectivity index (χ3v) is 5.29. The van der Waals surface area contributed by atoms with Crippen LogP contribution in [0.5, 0.6) is 0 Å².